The third kappa shape index (κ3) is 5.66. The molecular formula is C22H29NO4S. The van der Waals surface area contributed by atoms with Gasteiger partial charge >= 0.3 is 0 Å². The van der Waals surface area contributed by atoms with Crippen molar-refractivity contribution in [1.29, 1.82) is 0 Å². The summed E-state index contributed by atoms with van der Waals surface area (Å²) in [7, 11) is 3.23. The van der Waals surface area contributed by atoms with Gasteiger partial charge in [-0.2, -0.15) is 0 Å². The maximum atomic E-state index is 12.8. The maximum absolute atomic E-state index is 12.8. The number of hydrogen-bond acceptors (Lipinski definition) is 5. The molecule has 28 heavy (non-hydrogen) atoms. The molecule has 1 aliphatic heterocycles. The molecule has 1 amide bonds. The molecule has 0 spiro atoms. The van der Waals surface area contributed by atoms with Gasteiger partial charge in [0.05, 0.1) is 32.3 Å². The van der Waals surface area contributed by atoms with Crippen LogP contribution in [0.15, 0.2) is 47.4 Å². The van der Waals surface area contributed by atoms with Gasteiger partial charge in [0.1, 0.15) is 11.5 Å². The molecule has 0 saturated carbocycles. The van der Waals surface area contributed by atoms with Gasteiger partial charge in [-0.3, -0.25) is 4.79 Å². The zero-order valence-electron chi connectivity index (χ0n) is 17.1. The minimum absolute atomic E-state index is 0.0236. The molecule has 2 aromatic carbocycles. The number of benzene rings is 2. The quantitative estimate of drug-likeness (QED) is 0.665. The van der Waals surface area contributed by atoms with Gasteiger partial charge in [-0.1, -0.05) is 44.2 Å². The highest BCUT2D eigenvalue weighted by atomic mass is 32.2. The average Bonchev–Trinajstić information content (AvgIpc) is 2.79. The molecule has 0 bridgehead atoms. The van der Waals surface area contributed by atoms with Crippen LogP contribution in [0.2, 0.25) is 0 Å². The van der Waals surface area contributed by atoms with Crippen LogP contribution in [0, 0.1) is 0 Å². The van der Waals surface area contributed by atoms with Gasteiger partial charge in [0.15, 0.2) is 0 Å². The predicted molar refractivity (Wildman–Crippen MR) is 114 cm³/mol. The van der Waals surface area contributed by atoms with Crippen LogP contribution in [-0.4, -0.2) is 51.3 Å². The summed E-state index contributed by atoms with van der Waals surface area (Å²) in [5, 5.41) is 0. The van der Waals surface area contributed by atoms with Crippen LogP contribution in [0.1, 0.15) is 29.8 Å². The van der Waals surface area contributed by atoms with Gasteiger partial charge in [0.2, 0.25) is 0 Å². The number of nitrogens with zero attached hydrogens (tertiary/aromatic N) is 1. The smallest absolute Gasteiger partial charge is 0.254 e. The fourth-order valence-corrected chi connectivity index (χ4v) is 3.90. The number of amides is 1. The van der Waals surface area contributed by atoms with Crippen LogP contribution in [-0.2, 0) is 10.5 Å². The van der Waals surface area contributed by atoms with E-state index in [-0.39, 0.29) is 5.91 Å². The van der Waals surface area contributed by atoms with Crippen molar-refractivity contribution in [2.75, 3.05) is 40.5 Å². The third-order valence-electron chi connectivity index (χ3n) is 4.23. The lowest BCUT2D eigenvalue weighted by Gasteiger charge is -2.27. The van der Waals surface area contributed by atoms with E-state index in [1.165, 1.54) is 5.56 Å². The standard InChI is InChI=1S/C20H23NO4S.C2H6/c1-23-17-12-16(20(22)21-8-10-25-11-9-21)13-18(24-2)19(17)26-14-15-6-4-3-5-7-15;1-2/h3-7,12-13H,8-11,14H2,1-2H3;1-2H3. The van der Waals surface area contributed by atoms with Crippen LogP contribution < -0.4 is 9.47 Å². The molecule has 6 heteroatoms. The number of carbonyl (C=O) groups excluding carboxylic acids is 1. The zero-order chi connectivity index (χ0) is 20.4. The van der Waals surface area contributed by atoms with Crippen LogP contribution in [0.4, 0.5) is 0 Å². The Morgan fingerprint density at radius 1 is 1.04 bits per heavy atom. The second-order valence-electron chi connectivity index (χ2n) is 5.89. The molecule has 0 atom stereocenters. The Labute approximate surface area is 172 Å². The number of rotatable bonds is 6. The van der Waals surface area contributed by atoms with Gasteiger partial charge < -0.3 is 19.1 Å². The zero-order valence-corrected chi connectivity index (χ0v) is 17.9. The maximum Gasteiger partial charge on any atom is 0.254 e. The van der Waals surface area contributed by atoms with Crippen LogP contribution in [0.25, 0.3) is 0 Å². The highest BCUT2D eigenvalue weighted by molar-refractivity contribution is 7.98. The van der Waals surface area contributed by atoms with Crippen molar-refractivity contribution in [3.63, 3.8) is 0 Å². The Bertz CT molecular complexity index is 720. The van der Waals surface area contributed by atoms with E-state index in [1.54, 1.807) is 43.0 Å². The van der Waals surface area contributed by atoms with E-state index in [0.29, 0.717) is 43.4 Å². The number of thioether (sulfide) groups is 1. The predicted octanol–water partition coefficient (Wildman–Crippen LogP) is 4.49. The molecular weight excluding hydrogens is 374 g/mol. The molecule has 0 aromatic heterocycles. The number of carbonyl (C=O) groups is 1. The minimum atomic E-state index is -0.0236. The summed E-state index contributed by atoms with van der Waals surface area (Å²) >= 11 is 1.64. The molecule has 1 fully saturated rings. The molecule has 1 aliphatic rings. The minimum Gasteiger partial charge on any atom is -0.495 e. The van der Waals surface area contributed by atoms with Crippen LogP contribution in [0.3, 0.4) is 0 Å². The number of ether oxygens (including phenoxy) is 3. The van der Waals surface area contributed by atoms with Crippen molar-refractivity contribution in [2.45, 2.75) is 24.5 Å². The highest BCUT2D eigenvalue weighted by Crippen LogP contribution is 2.40. The second-order valence-corrected chi connectivity index (χ2v) is 6.87. The van der Waals surface area contributed by atoms with Crippen molar-refractivity contribution in [3.8, 4) is 11.5 Å². The summed E-state index contributed by atoms with van der Waals surface area (Å²) in [6.07, 6.45) is 0. The first-order chi connectivity index (χ1) is 13.7. The van der Waals surface area contributed by atoms with E-state index >= 15 is 0 Å². The van der Waals surface area contributed by atoms with Crippen molar-refractivity contribution in [3.05, 3.63) is 53.6 Å². The largest absolute Gasteiger partial charge is 0.495 e. The molecule has 5 nitrogen and oxygen atoms in total. The topological polar surface area (TPSA) is 48.0 Å². The van der Waals surface area contributed by atoms with Crippen molar-refractivity contribution < 1.29 is 19.0 Å². The molecule has 1 saturated heterocycles. The fraction of sp³-hybridized carbons (Fsp3) is 0.409. The normalized spacial score (nSPS) is 13.4. The van der Waals surface area contributed by atoms with E-state index < -0.39 is 0 Å². The molecule has 0 N–H and O–H groups in total. The summed E-state index contributed by atoms with van der Waals surface area (Å²) in [6, 6.07) is 13.8. The van der Waals surface area contributed by atoms with Crippen LogP contribution >= 0.6 is 11.8 Å². The second kappa shape index (κ2) is 11.6. The monoisotopic (exact) mass is 403 g/mol. The number of hydrogen-bond donors (Lipinski definition) is 0. The lowest BCUT2D eigenvalue weighted by molar-refractivity contribution is 0.0302. The van der Waals surface area contributed by atoms with Gasteiger partial charge in [-0.05, 0) is 17.7 Å². The molecule has 1 heterocycles. The molecule has 2 aromatic rings. The Morgan fingerprint density at radius 3 is 2.14 bits per heavy atom. The van der Waals surface area contributed by atoms with E-state index in [4.69, 9.17) is 14.2 Å². The van der Waals surface area contributed by atoms with Gasteiger partial charge in [0.25, 0.3) is 5.91 Å². The number of morpholine rings is 1. The van der Waals surface area contributed by atoms with E-state index in [9.17, 15) is 4.79 Å². The van der Waals surface area contributed by atoms with Gasteiger partial charge in [0, 0.05) is 24.4 Å². The molecule has 152 valence electrons. The lowest BCUT2D eigenvalue weighted by atomic mass is 10.1. The first-order valence-corrected chi connectivity index (χ1v) is 10.5. The van der Waals surface area contributed by atoms with Crippen molar-refractivity contribution >= 4 is 17.7 Å². The van der Waals surface area contributed by atoms with E-state index in [1.807, 2.05) is 32.0 Å². The summed E-state index contributed by atoms with van der Waals surface area (Å²) in [5.74, 6) is 2.08. The summed E-state index contributed by atoms with van der Waals surface area (Å²) in [6.45, 7) is 6.36. The Hall–Kier alpha value is -2.18. The molecule has 0 unspecified atom stereocenters. The SMILES string of the molecule is CC.COc1cc(C(=O)N2CCOCC2)cc(OC)c1SCc1ccccc1. The Kier molecular flexibility index (Phi) is 9.17. The van der Waals surface area contributed by atoms with E-state index in [0.717, 1.165) is 10.6 Å². The third-order valence-corrected chi connectivity index (χ3v) is 5.40. The summed E-state index contributed by atoms with van der Waals surface area (Å²) < 4.78 is 16.4. The molecule has 3 rings (SSSR count). The van der Waals surface area contributed by atoms with Gasteiger partial charge in [-0.15, -0.1) is 11.8 Å². The Morgan fingerprint density at radius 2 is 1.61 bits per heavy atom. The van der Waals surface area contributed by atoms with Gasteiger partial charge in [-0.25, -0.2) is 0 Å². The fourth-order valence-electron chi connectivity index (χ4n) is 2.82. The average molecular weight is 404 g/mol. The van der Waals surface area contributed by atoms with Crippen molar-refractivity contribution in [1.82, 2.24) is 4.90 Å². The lowest BCUT2D eigenvalue weighted by Crippen LogP contribution is -2.40. The Balaban J connectivity index is 0.00000136. The summed E-state index contributed by atoms with van der Waals surface area (Å²) in [4.78, 5) is 15.5. The molecule has 0 aliphatic carbocycles. The van der Waals surface area contributed by atoms with Crippen LogP contribution in [0.5, 0.6) is 11.5 Å². The molecule has 0 radical (unpaired) electrons. The van der Waals surface area contributed by atoms with Crippen molar-refractivity contribution in [2.24, 2.45) is 0 Å². The first kappa shape index (κ1) is 22.1. The highest BCUT2D eigenvalue weighted by Gasteiger charge is 2.22. The number of methoxy groups -OCH3 is 2. The van der Waals surface area contributed by atoms with E-state index in [2.05, 4.69) is 12.1 Å². The summed E-state index contributed by atoms with van der Waals surface area (Å²) in [5.41, 5.74) is 1.79. The first-order valence-electron chi connectivity index (χ1n) is 9.52.